The maximum Gasteiger partial charge on any atom is 0.355 e. The Morgan fingerprint density at radius 3 is 2.46 bits per heavy atom. The molecule has 0 radical (unpaired) electrons. The van der Waals surface area contributed by atoms with Crippen LogP contribution in [-0.4, -0.2) is 33.9 Å². The number of anilines is 2. The number of hydrogen-bond acceptors (Lipinski definition) is 7. The number of halogens is 4. The van der Waals surface area contributed by atoms with Crippen LogP contribution in [0.5, 0.6) is 0 Å². The first-order valence-electron chi connectivity index (χ1n) is 10.7. The minimum atomic E-state index is -1.21. The van der Waals surface area contributed by atoms with Crippen molar-refractivity contribution >= 4 is 45.7 Å². The van der Waals surface area contributed by atoms with Gasteiger partial charge in [0.05, 0.1) is 34.3 Å². The van der Waals surface area contributed by atoms with Crippen LogP contribution in [0, 0.1) is 11.6 Å². The summed E-state index contributed by atoms with van der Waals surface area (Å²) in [6.45, 7) is -0.555. The molecule has 0 atom stereocenters. The predicted octanol–water partition coefficient (Wildman–Crippen LogP) is 3.51. The van der Waals surface area contributed by atoms with Crippen molar-refractivity contribution in [3.05, 3.63) is 103 Å². The molecule has 0 bridgehead atoms. The highest BCUT2D eigenvalue weighted by atomic mass is 35.5. The first kappa shape index (κ1) is 24.5. The molecule has 1 N–H and O–H groups in total. The molecule has 3 aromatic heterocycles. The van der Waals surface area contributed by atoms with E-state index in [0.29, 0.717) is 11.2 Å². The van der Waals surface area contributed by atoms with Gasteiger partial charge in [-0.2, -0.15) is 10.1 Å². The number of nitrogens with one attached hydrogen (secondary N) is 1. The van der Waals surface area contributed by atoms with Gasteiger partial charge < -0.3 is 5.32 Å². The SMILES string of the molecule is Cn1cc2cc(Nc3nc(=O)n(Cc4ncccn4)c(=O)n3Cc3cc(F)c(F)c(Cl)c3)c(Cl)cc2n1. The standard InChI is InChI=1S/C23H16Cl2F2N8O2/c1-33-10-13-7-18(14(24)8-17(13)32-33)30-21-31-22(36)35(11-19-28-3-2-4-29-19)23(37)34(21)9-12-5-15(25)20(27)16(26)6-12/h2-8,10H,9,11H2,1H3,(H,30,31,36). The molecule has 0 saturated carbocycles. The zero-order valence-corrected chi connectivity index (χ0v) is 20.5. The molecule has 5 aromatic rings. The predicted molar refractivity (Wildman–Crippen MR) is 133 cm³/mol. The van der Waals surface area contributed by atoms with Crippen molar-refractivity contribution in [2.24, 2.45) is 7.05 Å². The number of nitrogens with zero attached hydrogens (tertiary/aromatic N) is 7. The van der Waals surface area contributed by atoms with Gasteiger partial charge in [0.2, 0.25) is 5.95 Å². The molecule has 0 saturated heterocycles. The lowest BCUT2D eigenvalue weighted by atomic mass is 10.2. The van der Waals surface area contributed by atoms with Gasteiger partial charge in [0.1, 0.15) is 5.82 Å². The molecule has 2 aromatic carbocycles. The van der Waals surface area contributed by atoms with E-state index in [4.69, 9.17) is 23.2 Å². The second-order valence-corrected chi connectivity index (χ2v) is 8.84. The molecule has 0 fully saturated rings. The molecule has 5 rings (SSSR count). The Bertz CT molecular complexity index is 1750. The van der Waals surface area contributed by atoms with Crippen molar-refractivity contribution in [2.75, 3.05) is 5.32 Å². The first-order chi connectivity index (χ1) is 17.7. The number of aromatic nitrogens is 7. The van der Waals surface area contributed by atoms with E-state index in [1.807, 2.05) is 0 Å². The second-order valence-electron chi connectivity index (χ2n) is 8.03. The number of hydrogen-bond donors (Lipinski definition) is 1. The molecule has 0 aliphatic rings. The summed E-state index contributed by atoms with van der Waals surface area (Å²) in [5.41, 5.74) is -0.536. The minimum Gasteiger partial charge on any atom is -0.324 e. The van der Waals surface area contributed by atoms with Crippen LogP contribution in [0.25, 0.3) is 10.9 Å². The summed E-state index contributed by atoms with van der Waals surface area (Å²) >= 11 is 12.2. The summed E-state index contributed by atoms with van der Waals surface area (Å²) in [6.07, 6.45) is 4.70. The summed E-state index contributed by atoms with van der Waals surface area (Å²) in [5, 5.41) is 7.74. The van der Waals surface area contributed by atoms with Crippen molar-refractivity contribution in [1.29, 1.82) is 0 Å². The Balaban J connectivity index is 1.64. The third-order valence-corrected chi connectivity index (χ3v) is 5.99. The molecule has 0 spiro atoms. The van der Waals surface area contributed by atoms with Crippen LogP contribution < -0.4 is 16.7 Å². The molecule has 0 amide bonds. The van der Waals surface area contributed by atoms with Gasteiger partial charge in [-0.25, -0.2) is 32.9 Å². The Hall–Kier alpha value is -4.16. The Kier molecular flexibility index (Phi) is 6.44. The van der Waals surface area contributed by atoms with Gasteiger partial charge in [-0.15, -0.1) is 0 Å². The average molecular weight is 545 g/mol. The highest BCUT2D eigenvalue weighted by Crippen LogP contribution is 2.29. The lowest BCUT2D eigenvalue weighted by Gasteiger charge is -2.16. The van der Waals surface area contributed by atoms with E-state index in [2.05, 4.69) is 25.4 Å². The van der Waals surface area contributed by atoms with Crippen LogP contribution in [0.1, 0.15) is 11.4 Å². The van der Waals surface area contributed by atoms with Gasteiger partial charge in [0.15, 0.2) is 11.6 Å². The van der Waals surface area contributed by atoms with Crippen molar-refractivity contribution < 1.29 is 8.78 Å². The minimum absolute atomic E-state index is 0.158. The molecule has 37 heavy (non-hydrogen) atoms. The van der Waals surface area contributed by atoms with Crippen molar-refractivity contribution in [3.8, 4) is 0 Å². The number of benzene rings is 2. The smallest absolute Gasteiger partial charge is 0.324 e. The molecular formula is C23H16Cl2F2N8O2. The summed E-state index contributed by atoms with van der Waals surface area (Å²) in [7, 11) is 1.75. The van der Waals surface area contributed by atoms with Crippen molar-refractivity contribution in [3.63, 3.8) is 0 Å². The maximum atomic E-state index is 14.0. The molecular weight excluding hydrogens is 529 g/mol. The fraction of sp³-hybridized carbons (Fsp3) is 0.130. The number of aryl methyl sites for hydroxylation is 1. The summed E-state index contributed by atoms with van der Waals surface area (Å²) in [6, 6.07) is 6.97. The second kappa shape index (κ2) is 9.71. The zero-order valence-electron chi connectivity index (χ0n) is 19.0. The Labute approximate surface area is 216 Å². The van der Waals surface area contributed by atoms with Crippen LogP contribution in [0.4, 0.5) is 20.4 Å². The fourth-order valence-corrected chi connectivity index (χ4v) is 4.16. The van der Waals surface area contributed by atoms with E-state index < -0.39 is 28.0 Å². The van der Waals surface area contributed by atoms with E-state index in [1.54, 1.807) is 36.1 Å². The molecule has 0 aliphatic carbocycles. The van der Waals surface area contributed by atoms with E-state index in [1.165, 1.54) is 18.5 Å². The van der Waals surface area contributed by atoms with Crippen LogP contribution >= 0.6 is 23.2 Å². The van der Waals surface area contributed by atoms with E-state index >= 15 is 0 Å². The zero-order chi connectivity index (χ0) is 26.3. The normalized spacial score (nSPS) is 11.3. The molecule has 0 unspecified atom stereocenters. The molecule has 3 heterocycles. The quantitative estimate of drug-likeness (QED) is 0.325. The van der Waals surface area contributed by atoms with Crippen LogP contribution in [0.15, 0.2) is 58.5 Å². The van der Waals surface area contributed by atoms with Crippen LogP contribution in [0.3, 0.4) is 0 Å². The van der Waals surface area contributed by atoms with Gasteiger partial charge in [0, 0.05) is 31.0 Å². The third kappa shape index (κ3) is 4.93. The molecule has 14 heteroatoms. The number of rotatable bonds is 6. The molecule has 188 valence electrons. The average Bonchev–Trinajstić information content (AvgIpc) is 3.22. The Morgan fingerprint density at radius 1 is 0.973 bits per heavy atom. The van der Waals surface area contributed by atoms with Gasteiger partial charge in [-0.3, -0.25) is 9.25 Å². The van der Waals surface area contributed by atoms with Gasteiger partial charge >= 0.3 is 11.4 Å². The monoisotopic (exact) mass is 544 g/mol. The van der Waals surface area contributed by atoms with Crippen molar-refractivity contribution in [2.45, 2.75) is 13.1 Å². The maximum absolute atomic E-state index is 14.0. The highest BCUT2D eigenvalue weighted by molar-refractivity contribution is 6.34. The van der Waals surface area contributed by atoms with E-state index in [-0.39, 0.29) is 35.4 Å². The van der Waals surface area contributed by atoms with Crippen molar-refractivity contribution in [1.82, 2.24) is 33.9 Å². The van der Waals surface area contributed by atoms with E-state index in [0.717, 1.165) is 20.6 Å². The summed E-state index contributed by atoms with van der Waals surface area (Å²) in [4.78, 5) is 38.5. The molecule has 0 aliphatic heterocycles. The van der Waals surface area contributed by atoms with Gasteiger partial charge in [0.25, 0.3) is 0 Å². The highest BCUT2D eigenvalue weighted by Gasteiger charge is 2.18. The van der Waals surface area contributed by atoms with Gasteiger partial charge in [-0.1, -0.05) is 23.2 Å². The lowest BCUT2D eigenvalue weighted by molar-refractivity contribution is 0.505. The topological polar surface area (TPSA) is 113 Å². The first-order valence-corrected chi connectivity index (χ1v) is 11.5. The van der Waals surface area contributed by atoms with Gasteiger partial charge in [-0.05, 0) is 35.9 Å². The van der Waals surface area contributed by atoms with E-state index in [9.17, 15) is 18.4 Å². The summed E-state index contributed by atoms with van der Waals surface area (Å²) < 4.78 is 31.3. The van der Waals surface area contributed by atoms with Crippen LogP contribution in [-0.2, 0) is 20.1 Å². The largest absolute Gasteiger partial charge is 0.355 e. The molecule has 10 nitrogen and oxygen atoms in total. The third-order valence-electron chi connectivity index (χ3n) is 5.41. The number of fused-ring (bicyclic) bond motifs is 1. The Morgan fingerprint density at radius 2 is 1.73 bits per heavy atom. The lowest BCUT2D eigenvalue weighted by Crippen LogP contribution is -2.43. The fourth-order valence-electron chi connectivity index (χ4n) is 3.72. The van der Waals surface area contributed by atoms with Crippen LogP contribution in [0.2, 0.25) is 10.0 Å². The summed E-state index contributed by atoms with van der Waals surface area (Å²) in [5.74, 6) is -2.37.